The quantitative estimate of drug-likeness (QED) is 0.853. The molecule has 0 fully saturated rings. The van der Waals surface area contributed by atoms with Gasteiger partial charge in [-0.1, -0.05) is 0 Å². The number of carbonyl (C=O) groups is 2. The monoisotopic (exact) mass is 271 g/mol. The van der Waals surface area contributed by atoms with Crippen molar-refractivity contribution >= 4 is 17.9 Å². The standard InChI is InChI=1S/C15H13NO4/c1-15(2)14(18)16-11-7-9(3-5-13(11)20-15)12-6-4-10(8-17)19-12/h3-8H,1-2H3,(H,16,18). The van der Waals surface area contributed by atoms with E-state index in [4.69, 9.17) is 9.15 Å². The molecule has 1 aromatic carbocycles. The second kappa shape index (κ2) is 4.23. The van der Waals surface area contributed by atoms with Crippen molar-refractivity contribution in [2.24, 2.45) is 0 Å². The van der Waals surface area contributed by atoms with Crippen LogP contribution in [0.5, 0.6) is 5.75 Å². The van der Waals surface area contributed by atoms with Gasteiger partial charge >= 0.3 is 0 Å². The molecule has 1 aliphatic heterocycles. The van der Waals surface area contributed by atoms with Crippen molar-refractivity contribution in [3.05, 3.63) is 36.1 Å². The van der Waals surface area contributed by atoms with Crippen LogP contribution in [0.4, 0.5) is 5.69 Å². The van der Waals surface area contributed by atoms with Crippen molar-refractivity contribution in [2.45, 2.75) is 19.4 Å². The molecule has 2 heterocycles. The summed E-state index contributed by atoms with van der Waals surface area (Å²) in [6.07, 6.45) is 0.648. The van der Waals surface area contributed by atoms with E-state index in [1.807, 2.05) is 6.07 Å². The molecule has 102 valence electrons. The first kappa shape index (κ1) is 12.5. The van der Waals surface area contributed by atoms with Gasteiger partial charge in [0.15, 0.2) is 17.6 Å². The van der Waals surface area contributed by atoms with Crippen LogP contribution in [-0.2, 0) is 4.79 Å². The third kappa shape index (κ3) is 1.97. The molecular formula is C15H13NO4. The summed E-state index contributed by atoms with van der Waals surface area (Å²) in [6, 6.07) is 8.66. The van der Waals surface area contributed by atoms with Gasteiger partial charge in [0.2, 0.25) is 0 Å². The third-order valence-electron chi connectivity index (χ3n) is 3.17. The van der Waals surface area contributed by atoms with Crippen molar-refractivity contribution in [1.29, 1.82) is 0 Å². The van der Waals surface area contributed by atoms with Gasteiger partial charge in [0, 0.05) is 5.56 Å². The smallest absolute Gasteiger partial charge is 0.268 e. The average molecular weight is 271 g/mol. The van der Waals surface area contributed by atoms with Gasteiger partial charge in [0.1, 0.15) is 11.5 Å². The maximum absolute atomic E-state index is 11.9. The zero-order valence-electron chi connectivity index (χ0n) is 11.1. The van der Waals surface area contributed by atoms with Crippen LogP contribution in [0.25, 0.3) is 11.3 Å². The van der Waals surface area contributed by atoms with Crippen LogP contribution in [0.3, 0.4) is 0 Å². The van der Waals surface area contributed by atoms with Crippen LogP contribution in [0.15, 0.2) is 34.7 Å². The topological polar surface area (TPSA) is 68.5 Å². The number of furan rings is 1. The SMILES string of the molecule is CC1(C)Oc2ccc(-c3ccc(C=O)o3)cc2NC1=O. The van der Waals surface area contributed by atoms with Gasteiger partial charge < -0.3 is 14.5 Å². The minimum Gasteiger partial charge on any atom is -0.476 e. The Morgan fingerprint density at radius 3 is 2.70 bits per heavy atom. The van der Waals surface area contributed by atoms with Crippen molar-refractivity contribution in [2.75, 3.05) is 5.32 Å². The molecule has 1 aromatic heterocycles. The fourth-order valence-electron chi connectivity index (χ4n) is 2.04. The molecule has 0 radical (unpaired) electrons. The largest absolute Gasteiger partial charge is 0.476 e. The first-order chi connectivity index (χ1) is 9.49. The van der Waals surface area contributed by atoms with Gasteiger partial charge in [-0.05, 0) is 44.2 Å². The summed E-state index contributed by atoms with van der Waals surface area (Å²) >= 11 is 0. The van der Waals surface area contributed by atoms with Crippen LogP contribution in [-0.4, -0.2) is 17.8 Å². The number of fused-ring (bicyclic) bond motifs is 1. The zero-order valence-corrected chi connectivity index (χ0v) is 11.1. The number of nitrogens with one attached hydrogen (secondary N) is 1. The van der Waals surface area contributed by atoms with Gasteiger partial charge in [0.25, 0.3) is 5.91 Å². The number of amides is 1. The Morgan fingerprint density at radius 2 is 2.00 bits per heavy atom. The van der Waals surface area contributed by atoms with E-state index in [0.29, 0.717) is 23.5 Å². The summed E-state index contributed by atoms with van der Waals surface area (Å²) in [6.45, 7) is 3.42. The van der Waals surface area contributed by atoms with E-state index in [9.17, 15) is 9.59 Å². The summed E-state index contributed by atoms with van der Waals surface area (Å²) in [5.41, 5.74) is 0.473. The molecule has 0 aliphatic carbocycles. The molecular weight excluding hydrogens is 258 g/mol. The number of carbonyl (C=O) groups excluding carboxylic acids is 2. The van der Waals surface area contributed by atoms with Gasteiger partial charge in [-0.3, -0.25) is 9.59 Å². The number of rotatable bonds is 2. The molecule has 1 N–H and O–H groups in total. The van der Waals surface area contributed by atoms with E-state index in [1.165, 1.54) is 0 Å². The average Bonchev–Trinajstić information content (AvgIpc) is 2.88. The fraction of sp³-hybridized carbons (Fsp3) is 0.200. The van der Waals surface area contributed by atoms with E-state index in [1.54, 1.807) is 38.1 Å². The second-order valence-electron chi connectivity index (χ2n) is 5.10. The highest BCUT2D eigenvalue weighted by Crippen LogP contribution is 2.36. The lowest BCUT2D eigenvalue weighted by Crippen LogP contribution is -2.45. The number of ether oxygens (including phenoxy) is 1. The molecule has 0 saturated carbocycles. The molecule has 0 bridgehead atoms. The van der Waals surface area contributed by atoms with Gasteiger partial charge in [-0.25, -0.2) is 0 Å². The number of benzene rings is 1. The molecule has 5 nitrogen and oxygen atoms in total. The summed E-state index contributed by atoms with van der Waals surface area (Å²) < 4.78 is 11.0. The van der Waals surface area contributed by atoms with Crippen LogP contribution in [0.2, 0.25) is 0 Å². The molecule has 3 rings (SSSR count). The van der Waals surface area contributed by atoms with Crippen LogP contribution in [0.1, 0.15) is 24.4 Å². The normalized spacial score (nSPS) is 16.0. The zero-order chi connectivity index (χ0) is 14.3. The summed E-state index contributed by atoms with van der Waals surface area (Å²) in [4.78, 5) is 22.5. The van der Waals surface area contributed by atoms with Crippen molar-refractivity contribution < 1.29 is 18.7 Å². The second-order valence-corrected chi connectivity index (χ2v) is 5.10. The molecule has 2 aromatic rings. The lowest BCUT2D eigenvalue weighted by atomic mass is 10.0. The number of hydrogen-bond donors (Lipinski definition) is 1. The maximum Gasteiger partial charge on any atom is 0.268 e. The molecule has 0 atom stereocenters. The Morgan fingerprint density at radius 1 is 1.20 bits per heavy atom. The van der Waals surface area contributed by atoms with Gasteiger partial charge in [0.05, 0.1) is 5.69 Å². The van der Waals surface area contributed by atoms with Gasteiger partial charge in [-0.2, -0.15) is 0 Å². The van der Waals surface area contributed by atoms with E-state index < -0.39 is 5.60 Å². The lowest BCUT2D eigenvalue weighted by Gasteiger charge is -2.31. The van der Waals surface area contributed by atoms with Crippen molar-refractivity contribution in [3.63, 3.8) is 0 Å². The van der Waals surface area contributed by atoms with E-state index >= 15 is 0 Å². The number of anilines is 1. The first-order valence-electron chi connectivity index (χ1n) is 6.19. The molecule has 0 spiro atoms. The first-order valence-corrected chi connectivity index (χ1v) is 6.19. The Kier molecular flexibility index (Phi) is 2.64. The number of aldehydes is 1. The van der Waals surface area contributed by atoms with Crippen LogP contribution in [0, 0.1) is 0 Å². The van der Waals surface area contributed by atoms with Crippen molar-refractivity contribution in [3.8, 4) is 17.1 Å². The van der Waals surface area contributed by atoms with Crippen LogP contribution >= 0.6 is 0 Å². The van der Waals surface area contributed by atoms with Crippen molar-refractivity contribution in [1.82, 2.24) is 0 Å². The molecule has 0 saturated heterocycles. The summed E-state index contributed by atoms with van der Waals surface area (Å²) in [5, 5.41) is 2.81. The van der Waals surface area contributed by atoms with Crippen LogP contribution < -0.4 is 10.1 Å². The Labute approximate surface area is 115 Å². The minimum absolute atomic E-state index is 0.199. The Bertz CT molecular complexity index is 700. The Hall–Kier alpha value is -2.56. The predicted molar refractivity (Wildman–Crippen MR) is 72.9 cm³/mol. The molecule has 20 heavy (non-hydrogen) atoms. The summed E-state index contributed by atoms with van der Waals surface area (Å²) in [5.74, 6) is 1.24. The molecule has 1 amide bonds. The summed E-state index contributed by atoms with van der Waals surface area (Å²) in [7, 11) is 0. The highest BCUT2D eigenvalue weighted by molar-refractivity contribution is 6.00. The molecule has 5 heteroatoms. The lowest BCUT2D eigenvalue weighted by molar-refractivity contribution is -0.129. The van der Waals surface area contributed by atoms with E-state index in [2.05, 4.69) is 5.32 Å². The Balaban J connectivity index is 2.00. The van der Waals surface area contributed by atoms with E-state index in [-0.39, 0.29) is 11.7 Å². The van der Waals surface area contributed by atoms with Gasteiger partial charge in [-0.15, -0.1) is 0 Å². The minimum atomic E-state index is -0.885. The highest BCUT2D eigenvalue weighted by atomic mass is 16.5. The fourth-order valence-corrected chi connectivity index (χ4v) is 2.04. The third-order valence-corrected chi connectivity index (χ3v) is 3.17. The number of hydrogen-bond acceptors (Lipinski definition) is 4. The maximum atomic E-state index is 11.9. The molecule has 1 aliphatic rings. The molecule has 0 unspecified atom stereocenters. The highest BCUT2D eigenvalue weighted by Gasteiger charge is 2.35. The predicted octanol–water partition coefficient (Wildman–Crippen LogP) is 2.87. The van der Waals surface area contributed by atoms with E-state index in [0.717, 1.165) is 5.56 Å².